The third kappa shape index (κ3) is 4.20. The Morgan fingerprint density at radius 3 is 2.62 bits per heavy atom. The second kappa shape index (κ2) is 8.29. The van der Waals surface area contributed by atoms with Gasteiger partial charge in [-0.1, -0.05) is 23.7 Å². The van der Waals surface area contributed by atoms with Crippen LogP contribution in [-0.4, -0.2) is 61.2 Å². The van der Waals surface area contributed by atoms with E-state index in [9.17, 15) is 0 Å². The molecule has 8 nitrogen and oxygen atoms in total. The van der Waals surface area contributed by atoms with Gasteiger partial charge in [-0.25, -0.2) is 0 Å². The highest BCUT2D eigenvalue weighted by Crippen LogP contribution is 2.28. The Morgan fingerprint density at radius 2 is 1.88 bits per heavy atom. The molecule has 0 amide bonds. The van der Waals surface area contributed by atoms with Crippen LogP contribution in [0.15, 0.2) is 24.3 Å². The summed E-state index contributed by atoms with van der Waals surface area (Å²) in [5, 5.41) is 3.36. The van der Waals surface area contributed by atoms with E-state index in [0.29, 0.717) is 18.1 Å². The maximum atomic E-state index is 5.92. The monoisotopic (exact) mass is 377 g/mol. The van der Waals surface area contributed by atoms with Crippen LogP contribution in [0.4, 0.5) is 23.1 Å². The number of piperazine rings is 1. The van der Waals surface area contributed by atoms with E-state index < -0.39 is 0 Å². The quantitative estimate of drug-likeness (QED) is 0.651. The van der Waals surface area contributed by atoms with Crippen molar-refractivity contribution in [3.8, 4) is 5.75 Å². The first-order chi connectivity index (χ1) is 12.6. The third-order valence-corrected chi connectivity index (χ3v) is 4.72. The number of rotatable bonds is 6. The molecule has 0 bridgehead atoms. The number of halogens is 1. The van der Waals surface area contributed by atoms with Gasteiger partial charge in [0.05, 0.1) is 12.8 Å². The van der Waals surface area contributed by atoms with Crippen LogP contribution in [0.25, 0.3) is 0 Å². The van der Waals surface area contributed by atoms with Crippen LogP contribution in [0.5, 0.6) is 5.75 Å². The first-order valence-electron chi connectivity index (χ1n) is 8.51. The van der Waals surface area contributed by atoms with Crippen molar-refractivity contribution in [1.82, 2.24) is 14.9 Å². The van der Waals surface area contributed by atoms with Crippen molar-refractivity contribution in [3.63, 3.8) is 0 Å². The number of para-hydroxylation sites is 2. The predicted octanol–water partition coefficient (Wildman–Crippen LogP) is 1.54. The summed E-state index contributed by atoms with van der Waals surface area (Å²) in [6.07, 6.45) is 0. The molecule has 1 aliphatic heterocycles. The number of methoxy groups -OCH3 is 1. The van der Waals surface area contributed by atoms with Crippen molar-refractivity contribution < 1.29 is 4.74 Å². The minimum Gasteiger partial charge on any atom is -0.495 e. The summed E-state index contributed by atoms with van der Waals surface area (Å²) in [7, 11) is 1.71. The molecule has 26 heavy (non-hydrogen) atoms. The smallest absolute Gasteiger partial charge is 0.223 e. The number of benzene rings is 1. The number of nitrogen functional groups attached to an aromatic ring is 2. The minimum absolute atomic E-state index is 0.108. The second-order valence-electron chi connectivity index (χ2n) is 6.06. The van der Waals surface area contributed by atoms with E-state index in [1.165, 1.54) is 0 Å². The molecular weight excluding hydrogens is 354 g/mol. The highest BCUT2D eigenvalue weighted by molar-refractivity contribution is 6.32. The number of ether oxygens (including phenoxy) is 1. The maximum absolute atomic E-state index is 5.92. The largest absolute Gasteiger partial charge is 0.495 e. The zero-order valence-electron chi connectivity index (χ0n) is 14.8. The number of nitrogens with zero attached hydrogens (tertiary/aromatic N) is 4. The standard InChI is InChI=1S/C17H24ClN7O/c1-26-13-5-3-2-4-12(13)25-10-8-24(9-11-25)7-6-21-16-14(19)15(18)22-17(20)23-16/h2-5H,6-11,19H2,1H3,(H3,20,21,22,23). The second-order valence-corrected chi connectivity index (χ2v) is 6.42. The molecule has 1 aromatic heterocycles. The SMILES string of the molecule is COc1ccccc1N1CCN(CCNc2nc(N)nc(Cl)c2N)CC1. The van der Waals surface area contributed by atoms with E-state index in [4.69, 9.17) is 27.8 Å². The third-order valence-electron chi connectivity index (χ3n) is 4.44. The Labute approximate surface area is 158 Å². The van der Waals surface area contributed by atoms with Gasteiger partial charge in [-0.3, -0.25) is 4.90 Å². The fourth-order valence-electron chi connectivity index (χ4n) is 3.03. The first kappa shape index (κ1) is 18.3. The van der Waals surface area contributed by atoms with Crippen molar-refractivity contribution in [2.45, 2.75) is 0 Å². The molecule has 9 heteroatoms. The lowest BCUT2D eigenvalue weighted by atomic mass is 10.2. The van der Waals surface area contributed by atoms with E-state index in [2.05, 4.69) is 31.2 Å². The molecule has 1 aromatic carbocycles. The molecule has 0 aliphatic carbocycles. The van der Waals surface area contributed by atoms with Crippen LogP contribution in [0, 0.1) is 0 Å². The van der Waals surface area contributed by atoms with Crippen molar-refractivity contribution >= 4 is 34.7 Å². The van der Waals surface area contributed by atoms with E-state index in [0.717, 1.165) is 44.2 Å². The minimum atomic E-state index is 0.108. The van der Waals surface area contributed by atoms with Crippen LogP contribution < -0.4 is 26.4 Å². The number of nitrogens with two attached hydrogens (primary N) is 2. The Balaban J connectivity index is 1.49. The lowest BCUT2D eigenvalue weighted by molar-refractivity contribution is 0.266. The molecule has 2 heterocycles. The van der Waals surface area contributed by atoms with Gasteiger partial charge < -0.3 is 26.4 Å². The zero-order chi connectivity index (χ0) is 18.5. The number of anilines is 4. The summed E-state index contributed by atoms with van der Waals surface area (Å²) in [5.41, 5.74) is 12.9. The maximum Gasteiger partial charge on any atom is 0.223 e. The van der Waals surface area contributed by atoms with Crippen LogP contribution in [-0.2, 0) is 0 Å². The highest BCUT2D eigenvalue weighted by Gasteiger charge is 2.19. The number of hydrogen-bond donors (Lipinski definition) is 3. The molecule has 3 rings (SSSR count). The predicted molar refractivity (Wildman–Crippen MR) is 106 cm³/mol. The van der Waals surface area contributed by atoms with E-state index in [1.807, 2.05) is 18.2 Å². The number of hydrogen-bond acceptors (Lipinski definition) is 8. The molecule has 5 N–H and O–H groups in total. The fourth-order valence-corrected chi connectivity index (χ4v) is 3.20. The van der Waals surface area contributed by atoms with Crippen molar-refractivity contribution in [3.05, 3.63) is 29.4 Å². The summed E-state index contributed by atoms with van der Waals surface area (Å²) in [6.45, 7) is 5.43. The van der Waals surface area contributed by atoms with Gasteiger partial charge in [0, 0.05) is 39.3 Å². The molecule has 1 aliphatic rings. The molecule has 2 aromatic rings. The number of aromatic nitrogens is 2. The Bertz CT molecular complexity index is 750. The molecule has 0 unspecified atom stereocenters. The molecule has 140 valence electrons. The summed E-state index contributed by atoms with van der Waals surface area (Å²) in [4.78, 5) is 12.7. The summed E-state index contributed by atoms with van der Waals surface area (Å²) < 4.78 is 5.46. The van der Waals surface area contributed by atoms with Gasteiger partial charge in [0.1, 0.15) is 11.4 Å². The summed E-state index contributed by atoms with van der Waals surface area (Å²) in [5.74, 6) is 1.50. The van der Waals surface area contributed by atoms with Gasteiger partial charge in [0.2, 0.25) is 5.95 Å². The van der Waals surface area contributed by atoms with E-state index >= 15 is 0 Å². The molecule has 0 radical (unpaired) electrons. The van der Waals surface area contributed by atoms with E-state index in [-0.39, 0.29) is 11.1 Å². The zero-order valence-corrected chi connectivity index (χ0v) is 15.5. The fraction of sp³-hybridized carbons (Fsp3) is 0.412. The van der Waals surface area contributed by atoms with Gasteiger partial charge in [-0.2, -0.15) is 9.97 Å². The van der Waals surface area contributed by atoms with Crippen LogP contribution >= 0.6 is 11.6 Å². The Morgan fingerprint density at radius 1 is 1.15 bits per heavy atom. The normalized spacial score (nSPS) is 15.1. The Kier molecular flexibility index (Phi) is 5.85. The van der Waals surface area contributed by atoms with Crippen LogP contribution in [0.2, 0.25) is 5.15 Å². The molecule has 1 fully saturated rings. The van der Waals surface area contributed by atoms with Gasteiger partial charge in [-0.15, -0.1) is 0 Å². The summed E-state index contributed by atoms with van der Waals surface area (Å²) >= 11 is 5.92. The summed E-state index contributed by atoms with van der Waals surface area (Å²) in [6, 6.07) is 8.12. The average molecular weight is 378 g/mol. The molecular formula is C17H24ClN7O. The van der Waals surface area contributed by atoms with Gasteiger partial charge >= 0.3 is 0 Å². The highest BCUT2D eigenvalue weighted by atomic mass is 35.5. The van der Waals surface area contributed by atoms with E-state index in [1.54, 1.807) is 7.11 Å². The van der Waals surface area contributed by atoms with Gasteiger partial charge in [0.15, 0.2) is 11.0 Å². The molecule has 0 saturated carbocycles. The average Bonchev–Trinajstić information content (AvgIpc) is 2.66. The van der Waals surface area contributed by atoms with Gasteiger partial charge in [-0.05, 0) is 12.1 Å². The van der Waals surface area contributed by atoms with Crippen LogP contribution in [0.1, 0.15) is 0 Å². The number of nitrogens with one attached hydrogen (secondary N) is 1. The van der Waals surface area contributed by atoms with Crippen molar-refractivity contribution in [2.24, 2.45) is 0 Å². The van der Waals surface area contributed by atoms with Crippen molar-refractivity contribution in [1.29, 1.82) is 0 Å². The van der Waals surface area contributed by atoms with Crippen molar-refractivity contribution in [2.75, 3.05) is 68.1 Å². The Hall–Kier alpha value is -2.45. The molecule has 0 atom stereocenters. The first-order valence-corrected chi connectivity index (χ1v) is 8.89. The molecule has 0 spiro atoms. The molecule has 1 saturated heterocycles. The van der Waals surface area contributed by atoms with Crippen LogP contribution in [0.3, 0.4) is 0 Å². The topological polar surface area (TPSA) is 106 Å². The van der Waals surface area contributed by atoms with Gasteiger partial charge in [0.25, 0.3) is 0 Å². The lowest BCUT2D eigenvalue weighted by Crippen LogP contribution is -2.47. The lowest BCUT2D eigenvalue weighted by Gasteiger charge is -2.36.